The van der Waals surface area contributed by atoms with Gasteiger partial charge in [0.25, 0.3) is 0 Å². The Morgan fingerprint density at radius 2 is 2.33 bits per heavy atom. The number of carbonyl (C=O) groups excluding carboxylic acids is 1. The van der Waals surface area contributed by atoms with Crippen LogP contribution < -0.4 is 0 Å². The first-order valence-electron chi connectivity index (χ1n) is 7.36. The fraction of sp³-hybridized carbons (Fsp3) is 0.533. The van der Waals surface area contributed by atoms with Crippen LogP contribution >= 0.6 is 11.6 Å². The minimum atomic E-state index is -0.0437. The molecule has 4 atom stereocenters. The van der Waals surface area contributed by atoms with E-state index in [2.05, 4.69) is 9.97 Å². The summed E-state index contributed by atoms with van der Waals surface area (Å²) in [5, 5.41) is 0.462. The van der Waals surface area contributed by atoms with Crippen molar-refractivity contribution in [1.82, 2.24) is 14.4 Å². The number of aromatic nitrogens is 3. The number of esters is 1. The molecule has 2 aliphatic rings. The number of nitrogens with zero attached hydrogens (tertiary/aromatic N) is 3. The van der Waals surface area contributed by atoms with Crippen LogP contribution in [0.1, 0.15) is 31.5 Å². The van der Waals surface area contributed by atoms with Crippen LogP contribution in [0.4, 0.5) is 0 Å². The van der Waals surface area contributed by atoms with Gasteiger partial charge >= 0.3 is 5.97 Å². The van der Waals surface area contributed by atoms with Crippen molar-refractivity contribution in [3.8, 4) is 0 Å². The first-order valence-corrected chi connectivity index (χ1v) is 7.74. The standard InChI is InChI=1S/C15H16ClN3O2/c1-2-21-15(20)12-8-3-4-9(11(8)12)14-18-7-10-13(16)17-5-6-19(10)14/h5-9,11-12H,2-4H2,1H3. The largest absolute Gasteiger partial charge is 0.466 e. The van der Waals surface area contributed by atoms with Gasteiger partial charge in [-0.15, -0.1) is 0 Å². The summed E-state index contributed by atoms with van der Waals surface area (Å²) in [6.45, 7) is 2.30. The van der Waals surface area contributed by atoms with Crippen LogP contribution in [-0.4, -0.2) is 26.9 Å². The number of rotatable bonds is 3. The third-order valence-corrected chi connectivity index (χ3v) is 5.13. The van der Waals surface area contributed by atoms with Crippen LogP contribution in [0.15, 0.2) is 18.6 Å². The normalized spacial score (nSPS) is 30.4. The zero-order chi connectivity index (χ0) is 14.6. The van der Waals surface area contributed by atoms with Crippen LogP contribution in [0.2, 0.25) is 5.15 Å². The predicted molar refractivity (Wildman–Crippen MR) is 77.1 cm³/mol. The second-order valence-corrected chi connectivity index (χ2v) is 6.15. The molecule has 2 aromatic rings. The Morgan fingerprint density at radius 1 is 1.48 bits per heavy atom. The summed E-state index contributed by atoms with van der Waals surface area (Å²) >= 11 is 6.10. The highest BCUT2D eigenvalue weighted by Crippen LogP contribution is 2.63. The highest BCUT2D eigenvalue weighted by Gasteiger charge is 2.63. The van der Waals surface area contributed by atoms with E-state index in [9.17, 15) is 4.79 Å². The van der Waals surface area contributed by atoms with Crippen LogP contribution in [0.25, 0.3) is 5.52 Å². The monoisotopic (exact) mass is 305 g/mol. The molecule has 0 aromatic carbocycles. The molecular formula is C15H16ClN3O2. The first-order chi connectivity index (χ1) is 10.2. The predicted octanol–water partition coefficient (Wildman–Crippen LogP) is 2.69. The van der Waals surface area contributed by atoms with Crippen molar-refractivity contribution in [1.29, 1.82) is 0 Å². The Kier molecular flexibility index (Phi) is 2.92. The molecule has 0 N–H and O–H groups in total. The fourth-order valence-corrected chi connectivity index (χ4v) is 4.14. The van der Waals surface area contributed by atoms with Gasteiger partial charge in [0, 0.05) is 18.3 Å². The van der Waals surface area contributed by atoms with Gasteiger partial charge in [0.15, 0.2) is 5.15 Å². The molecule has 2 fully saturated rings. The number of hydrogen-bond donors (Lipinski definition) is 0. The molecule has 0 amide bonds. The second kappa shape index (κ2) is 4.70. The van der Waals surface area contributed by atoms with E-state index >= 15 is 0 Å². The van der Waals surface area contributed by atoms with Crippen LogP contribution in [0.3, 0.4) is 0 Å². The summed E-state index contributed by atoms with van der Waals surface area (Å²) < 4.78 is 7.18. The zero-order valence-electron chi connectivity index (χ0n) is 11.7. The Bertz CT molecular complexity index is 714. The van der Waals surface area contributed by atoms with Gasteiger partial charge in [0.05, 0.1) is 18.7 Å². The van der Waals surface area contributed by atoms with Crippen molar-refractivity contribution < 1.29 is 9.53 Å². The van der Waals surface area contributed by atoms with Crippen LogP contribution in [0, 0.1) is 17.8 Å². The van der Waals surface area contributed by atoms with Crippen molar-refractivity contribution in [2.45, 2.75) is 25.7 Å². The van der Waals surface area contributed by atoms with Crippen molar-refractivity contribution in [3.63, 3.8) is 0 Å². The van der Waals surface area contributed by atoms with Crippen LogP contribution in [0.5, 0.6) is 0 Å². The molecule has 2 heterocycles. The highest BCUT2D eigenvalue weighted by molar-refractivity contribution is 6.32. The number of ether oxygens (including phenoxy) is 1. The average Bonchev–Trinajstić information content (AvgIpc) is 2.82. The van der Waals surface area contributed by atoms with E-state index in [0.717, 1.165) is 24.2 Å². The molecule has 4 unspecified atom stereocenters. The van der Waals surface area contributed by atoms with Crippen LogP contribution in [-0.2, 0) is 9.53 Å². The summed E-state index contributed by atoms with van der Waals surface area (Å²) in [7, 11) is 0. The smallest absolute Gasteiger partial charge is 0.309 e. The molecule has 0 bridgehead atoms. The minimum absolute atomic E-state index is 0.0437. The van der Waals surface area contributed by atoms with E-state index in [1.54, 1.807) is 12.4 Å². The molecule has 0 aliphatic heterocycles. The average molecular weight is 306 g/mol. The summed E-state index contributed by atoms with van der Waals surface area (Å²) in [5.74, 6) is 2.17. The SMILES string of the molecule is CCOC(=O)C1C2CCC(c3ncc4c(Cl)nccn34)C21. The Hall–Kier alpha value is -1.62. The third-order valence-electron chi connectivity index (χ3n) is 4.84. The molecule has 2 saturated carbocycles. The minimum Gasteiger partial charge on any atom is -0.466 e. The van der Waals surface area contributed by atoms with Gasteiger partial charge in [-0.05, 0) is 31.6 Å². The number of carbonyl (C=O) groups is 1. The molecule has 110 valence electrons. The van der Waals surface area contributed by atoms with E-state index in [4.69, 9.17) is 16.3 Å². The Labute approximate surface area is 127 Å². The molecule has 0 spiro atoms. The molecule has 2 aliphatic carbocycles. The topological polar surface area (TPSA) is 56.5 Å². The van der Waals surface area contributed by atoms with E-state index in [1.165, 1.54) is 0 Å². The van der Waals surface area contributed by atoms with Gasteiger partial charge in [-0.3, -0.25) is 9.20 Å². The van der Waals surface area contributed by atoms with E-state index in [-0.39, 0.29) is 11.9 Å². The Morgan fingerprint density at radius 3 is 3.14 bits per heavy atom. The fourth-order valence-electron chi connectivity index (χ4n) is 3.95. The van der Waals surface area contributed by atoms with Gasteiger partial charge in [-0.2, -0.15) is 0 Å². The van der Waals surface area contributed by atoms with Gasteiger partial charge < -0.3 is 4.74 Å². The van der Waals surface area contributed by atoms with Gasteiger partial charge in [-0.1, -0.05) is 11.6 Å². The summed E-state index contributed by atoms with van der Waals surface area (Å²) in [6, 6.07) is 0. The van der Waals surface area contributed by atoms with Gasteiger partial charge in [0.2, 0.25) is 0 Å². The summed E-state index contributed by atoms with van der Waals surface area (Å²) in [6.07, 6.45) is 7.48. The van der Waals surface area contributed by atoms with Crippen molar-refractivity contribution in [3.05, 3.63) is 29.6 Å². The van der Waals surface area contributed by atoms with Gasteiger partial charge in [0.1, 0.15) is 11.3 Å². The van der Waals surface area contributed by atoms with Crippen molar-refractivity contribution in [2.24, 2.45) is 17.8 Å². The molecule has 21 heavy (non-hydrogen) atoms. The molecule has 2 aromatic heterocycles. The highest BCUT2D eigenvalue weighted by atomic mass is 35.5. The molecule has 0 radical (unpaired) electrons. The maximum atomic E-state index is 12.0. The van der Waals surface area contributed by atoms with E-state index < -0.39 is 0 Å². The third kappa shape index (κ3) is 1.87. The van der Waals surface area contributed by atoms with Crippen molar-refractivity contribution >= 4 is 23.1 Å². The Balaban J connectivity index is 1.65. The van der Waals surface area contributed by atoms with E-state index in [1.807, 2.05) is 17.5 Å². The lowest BCUT2D eigenvalue weighted by molar-refractivity contribution is -0.145. The maximum absolute atomic E-state index is 12.0. The molecule has 4 rings (SSSR count). The molecule has 0 saturated heterocycles. The number of fused-ring (bicyclic) bond motifs is 2. The molecule has 6 heteroatoms. The molecular weight excluding hydrogens is 290 g/mol. The lowest BCUT2D eigenvalue weighted by Crippen LogP contribution is -2.14. The quantitative estimate of drug-likeness (QED) is 0.818. The summed E-state index contributed by atoms with van der Waals surface area (Å²) in [4.78, 5) is 20.6. The number of hydrogen-bond acceptors (Lipinski definition) is 4. The zero-order valence-corrected chi connectivity index (χ0v) is 12.5. The summed E-state index contributed by atoms with van der Waals surface area (Å²) in [5.41, 5.74) is 0.825. The second-order valence-electron chi connectivity index (χ2n) is 5.79. The van der Waals surface area contributed by atoms with Gasteiger partial charge in [-0.25, -0.2) is 9.97 Å². The maximum Gasteiger partial charge on any atom is 0.309 e. The first kappa shape index (κ1) is 13.1. The lowest BCUT2D eigenvalue weighted by atomic mass is 9.99. The lowest BCUT2D eigenvalue weighted by Gasteiger charge is -2.13. The van der Waals surface area contributed by atoms with E-state index in [0.29, 0.717) is 29.5 Å². The number of halogens is 1. The van der Waals surface area contributed by atoms with Crippen molar-refractivity contribution in [2.75, 3.05) is 6.61 Å². The molecule has 5 nitrogen and oxygen atoms in total. The number of imidazole rings is 1.